The smallest absolute Gasteiger partial charge is 0.295 e. The summed E-state index contributed by atoms with van der Waals surface area (Å²) in [4.78, 5) is 28.2. The molecule has 3 aromatic rings. The van der Waals surface area contributed by atoms with Gasteiger partial charge in [-0.3, -0.25) is 14.5 Å². The van der Waals surface area contributed by atoms with Gasteiger partial charge in [0.1, 0.15) is 17.6 Å². The molecule has 0 unspecified atom stereocenters. The molecular formula is C25H25FN2O4. The Kier molecular flexibility index (Phi) is 6.54. The summed E-state index contributed by atoms with van der Waals surface area (Å²) in [6, 6.07) is 14.7. The third-order valence-electron chi connectivity index (χ3n) is 5.70. The summed E-state index contributed by atoms with van der Waals surface area (Å²) in [5, 5.41) is 3.06. The van der Waals surface area contributed by atoms with E-state index in [9.17, 15) is 14.0 Å². The number of rotatable bonds is 7. The number of methoxy groups -OCH3 is 1. The SMILES string of the molecule is COc1ccc([C@H](C(=O)NC2CCCC2)N(C(=O)c2ccco2)c2ccccc2F)cc1. The Balaban J connectivity index is 1.81. The highest BCUT2D eigenvalue weighted by atomic mass is 19.1. The molecule has 1 heterocycles. The normalized spacial score (nSPS) is 14.7. The molecule has 32 heavy (non-hydrogen) atoms. The summed E-state index contributed by atoms with van der Waals surface area (Å²) < 4.78 is 25.5. The molecule has 0 saturated heterocycles. The van der Waals surface area contributed by atoms with Gasteiger partial charge in [-0.15, -0.1) is 0 Å². The zero-order valence-electron chi connectivity index (χ0n) is 17.8. The minimum atomic E-state index is -1.10. The van der Waals surface area contributed by atoms with Crippen LogP contribution in [0.4, 0.5) is 10.1 Å². The number of nitrogens with one attached hydrogen (secondary N) is 1. The van der Waals surface area contributed by atoms with Crippen molar-refractivity contribution in [2.75, 3.05) is 12.0 Å². The molecule has 1 aromatic heterocycles. The Morgan fingerprint density at radius 1 is 1.06 bits per heavy atom. The second-order valence-electron chi connectivity index (χ2n) is 7.77. The summed E-state index contributed by atoms with van der Waals surface area (Å²) in [7, 11) is 1.55. The van der Waals surface area contributed by atoms with Crippen LogP contribution in [0.15, 0.2) is 71.3 Å². The van der Waals surface area contributed by atoms with Crippen molar-refractivity contribution < 1.29 is 23.1 Å². The monoisotopic (exact) mass is 436 g/mol. The lowest BCUT2D eigenvalue weighted by Crippen LogP contribution is -2.46. The van der Waals surface area contributed by atoms with E-state index >= 15 is 0 Å². The van der Waals surface area contributed by atoms with Gasteiger partial charge in [0.05, 0.1) is 19.1 Å². The van der Waals surface area contributed by atoms with Crippen molar-refractivity contribution in [3.8, 4) is 5.75 Å². The van der Waals surface area contributed by atoms with Crippen molar-refractivity contribution in [3.63, 3.8) is 0 Å². The third kappa shape index (κ3) is 4.51. The largest absolute Gasteiger partial charge is 0.497 e. The molecule has 1 aliphatic rings. The minimum Gasteiger partial charge on any atom is -0.497 e. The predicted octanol–water partition coefficient (Wildman–Crippen LogP) is 4.87. The number of benzene rings is 2. The van der Waals surface area contributed by atoms with Crippen molar-refractivity contribution in [2.45, 2.75) is 37.8 Å². The number of para-hydroxylation sites is 1. The quantitative estimate of drug-likeness (QED) is 0.573. The Morgan fingerprint density at radius 2 is 1.78 bits per heavy atom. The number of nitrogens with zero attached hydrogens (tertiary/aromatic N) is 1. The van der Waals surface area contributed by atoms with Crippen LogP contribution in [0.3, 0.4) is 0 Å². The zero-order valence-corrected chi connectivity index (χ0v) is 17.8. The van der Waals surface area contributed by atoms with E-state index in [0.717, 1.165) is 25.7 Å². The lowest BCUT2D eigenvalue weighted by molar-refractivity contribution is -0.123. The number of hydrogen-bond donors (Lipinski definition) is 1. The molecule has 0 radical (unpaired) electrons. The Morgan fingerprint density at radius 3 is 2.41 bits per heavy atom. The average Bonchev–Trinajstić information content (AvgIpc) is 3.52. The van der Waals surface area contributed by atoms with Gasteiger partial charge in [0.25, 0.3) is 5.91 Å². The maximum Gasteiger partial charge on any atom is 0.295 e. The van der Waals surface area contributed by atoms with E-state index < -0.39 is 17.8 Å². The first-order chi connectivity index (χ1) is 15.6. The van der Waals surface area contributed by atoms with Crippen LogP contribution in [0.1, 0.15) is 47.8 Å². The molecule has 0 spiro atoms. The standard InChI is InChI=1S/C25H25FN2O4/c1-31-19-14-12-17(13-15-19)23(24(29)27-18-7-2-3-8-18)28(21-10-5-4-9-20(21)26)25(30)22-11-6-16-32-22/h4-6,9-16,18,23H,2-3,7-8H2,1H3,(H,27,29)/t23-/m1/s1. The van der Waals surface area contributed by atoms with Crippen LogP contribution in [0, 0.1) is 5.82 Å². The molecule has 2 aromatic carbocycles. The first-order valence-electron chi connectivity index (χ1n) is 10.6. The number of amides is 2. The lowest BCUT2D eigenvalue weighted by atomic mass is 10.0. The highest BCUT2D eigenvalue weighted by Gasteiger charge is 2.37. The van der Waals surface area contributed by atoms with Gasteiger partial charge in [-0.25, -0.2) is 4.39 Å². The number of carbonyl (C=O) groups is 2. The topological polar surface area (TPSA) is 71.8 Å². The van der Waals surface area contributed by atoms with Gasteiger partial charge in [-0.05, 0) is 54.8 Å². The van der Waals surface area contributed by atoms with Crippen LogP contribution in [-0.2, 0) is 4.79 Å². The summed E-state index contributed by atoms with van der Waals surface area (Å²) in [5.41, 5.74) is 0.528. The Hall–Kier alpha value is -3.61. The minimum absolute atomic E-state index is 0.00344. The molecule has 1 saturated carbocycles. The van der Waals surface area contributed by atoms with Gasteiger partial charge < -0.3 is 14.5 Å². The van der Waals surface area contributed by atoms with Crippen LogP contribution in [0.2, 0.25) is 0 Å². The maximum atomic E-state index is 14.9. The molecule has 6 nitrogen and oxygen atoms in total. The fourth-order valence-corrected chi connectivity index (χ4v) is 4.09. The summed E-state index contributed by atoms with van der Waals surface area (Å²) >= 11 is 0. The molecule has 0 aliphatic heterocycles. The molecule has 1 fully saturated rings. The number of anilines is 1. The molecule has 1 atom stereocenters. The second-order valence-corrected chi connectivity index (χ2v) is 7.77. The average molecular weight is 436 g/mol. The summed E-state index contributed by atoms with van der Waals surface area (Å²) in [6.07, 6.45) is 5.22. The van der Waals surface area contributed by atoms with E-state index in [2.05, 4.69) is 5.32 Å². The van der Waals surface area contributed by atoms with Crippen molar-refractivity contribution in [3.05, 3.63) is 84.1 Å². The first-order valence-corrected chi connectivity index (χ1v) is 10.6. The molecule has 7 heteroatoms. The molecule has 0 bridgehead atoms. The van der Waals surface area contributed by atoms with Gasteiger partial charge in [-0.1, -0.05) is 37.1 Å². The summed E-state index contributed by atoms with van der Waals surface area (Å²) in [5.74, 6) is -0.966. The Labute approximate surface area is 186 Å². The van der Waals surface area contributed by atoms with Crippen LogP contribution in [-0.4, -0.2) is 25.0 Å². The number of ether oxygens (including phenoxy) is 1. The van der Waals surface area contributed by atoms with E-state index in [1.54, 1.807) is 43.5 Å². The van der Waals surface area contributed by atoms with Crippen molar-refractivity contribution in [1.29, 1.82) is 0 Å². The molecule has 1 aliphatic carbocycles. The predicted molar refractivity (Wildman–Crippen MR) is 118 cm³/mol. The van der Waals surface area contributed by atoms with Crippen LogP contribution in [0.25, 0.3) is 0 Å². The highest BCUT2D eigenvalue weighted by Crippen LogP contribution is 2.33. The van der Waals surface area contributed by atoms with Crippen LogP contribution < -0.4 is 15.0 Å². The maximum absolute atomic E-state index is 14.9. The summed E-state index contributed by atoms with van der Waals surface area (Å²) in [6.45, 7) is 0. The van der Waals surface area contributed by atoms with Gasteiger partial charge in [0.15, 0.2) is 5.76 Å². The van der Waals surface area contributed by atoms with Gasteiger partial charge in [0.2, 0.25) is 5.91 Å². The third-order valence-corrected chi connectivity index (χ3v) is 5.70. The van der Waals surface area contributed by atoms with Crippen molar-refractivity contribution >= 4 is 17.5 Å². The fourth-order valence-electron chi connectivity index (χ4n) is 4.09. The molecular weight excluding hydrogens is 411 g/mol. The second kappa shape index (κ2) is 9.68. The van der Waals surface area contributed by atoms with E-state index in [-0.39, 0.29) is 23.4 Å². The molecule has 2 amide bonds. The molecule has 1 N–H and O–H groups in total. The van der Waals surface area contributed by atoms with E-state index in [1.807, 2.05) is 0 Å². The van der Waals surface area contributed by atoms with Gasteiger partial charge in [-0.2, -0.15) is 0 Å². The van der Waals surface area contributed by atoms with Gasteiger partial charge in [0, 0.05) is 6.04 Å². The number of furan rings is 1. The number of hydrogen-bond acceptors (Lipinski definition) is 4. The number of halogens is 1. The van der Waals surface area contributed by atoms with E-state index in [1.165, 1.54) is 35.4 Å². The number of carbonyl (C=O) groups excluding carboxylic acids is 2. The molecule has 4 rings (SSSR count). The van der Waals surface area contributed by atoms with Gasteiger partial charge >= 0.3 is 0 Å². The van der Waals surface area contributed by atoms with Crippen LogP contribution >= 0.6 is 0 Å². The van der Waals surface area contributed by atoms with Crippen molar-refractivity contribution in [1.82, 2.24) is 5.32 Å². The van der Waals surface area contributed by atoms with Crippen LogP contribution in [0.5, 0.6) is 5.75 Å². The molecule has 166 valence electrons. The zero-order chi connectivity index (χ0) is 22.5. The Bertz CT molecular complexity index is 1060. The lowest BCUT2D eigenvalue weighted by Gasteiger charge is -2.32. The van der Waals surface area contributed by atoms with E-state index in [0.29, 0.717) is 11.3 Å². The van der Waals surface area contributed by atoms with E-state index in [4.69, 9.17) is 9.15 Å². The fraction of sp³-hybridized carbons (Fsp3) is 0.280. The first kappa shape index (κ1) is 21.6. The van der Waals surface area contributed by atoms with Crippen molar-refractivity contribution in [2.24, 2.45) is 0 Å². The highest BCUT2D eigenvalue weighted by molar-refractivity contribution is 6.08.